The number of thioether (sulfide) groups is 1. The number of fused-ring (bicyclic) bond motifs is 2. The molecule has 0 saturated carbocycles. The normalized spacial score (nSPS) is 18.4. The van der Waals surface area contributed by atoms with Crippen LogP contribution in [0.3, 0.4) is 0 Å². The van der Waals surface area contributed by atoms with E-state index in [-0.39, 0.29) is 22.9 Å². The summed E-state index contributed by atoms with van der Waals surface area (Å²) in [5.41, 5.74) is 7.58. The minimum atomic E-state index is -0.781. The topological polar surface area (TPSA) is 93.9 Å². The molecule has 2 aliphatic heterocycles. The van der Waals surface area contributed by atoms with Crippen molar-refractivity contribution in [1.82, 2.24) is 4.90 Å². The van der Waals surface area contributed by atoms with Gasteiger partial charge in [-0.25, -0.2) is 0 Å². The standard InChI is InChI=1S/C20H10Cl2N4OS/c21-10-5-6-11(15(22)7-10)17-13(8-23)18(25)26-19(27)12-3-1-2-4-16(12)28-20(26)14(17)9-24/h1-7,17H,25H2. The molecular formula is C20H10Cl2N4OS. The Morgan fingerprint density at radius 2 is 1.79 bits per heavy atom. The van der Waals surface area contributed by atoms with E-state index in [4.69, 9.17) is 28.9 Å². The van der Waals surface area contributed by atoms with Crippen molar-refractivity contribution >= 4 is 40.9 Å². The van der Waals surface area contributed by atoms with E-state index in [1.165, 1.54) is 16.7 Å². The van der Waals surface area contributed by atoms with Crippen LogP contribution in [0.15, 0.2) is 69.4 Å². The van der Waals surface area contributed by atoms with E-state index >= 15 is 0 Å². The van der Waals surface area contributed by atoms with E-state index in [1.54, 1.807) is 36.4 Å². The smallest absolute Gasteiger partial charge is 0.265 e. The Morgan fingerprint density at radius 3 is 2.46 bits per heavy atom. The average molecular weight is 425 g/mol. The number of halogens is 2. The molecule has 0 spiro atoms. The predicted molar refractivity (Wildman–Crippen MR) is 107 cm³/mol. The van der Waals surface area contributed by atoms with Gasteiger partial charge in [-0.3, -0.25) is 9.69 Å². The highest BCUT2D eigenvalue weighted by atomic mass is 35.5. The molecule has 4 rings (SSSR count). The van der Waals surface area contributed by atoms with Gasteiger partial charge in [-0.2, -0.15) is 10.5 Å². The Hall–Kier alpha value is -2.90. The van der Waals surface area contributed by atoms with E-state index < -0.39 is 5.92 Å². The van der Waals surface area contributed by atoms with Crippen LogP contribution in [0.4, 0.5) is 0 Å². The zero-order valence-electron chi connectivity index (χ0n) is 14.1. The quantitative estimate of drug-likeness (QED) is 0.711. The highest BCUT2D eigenvalue weighted by molar-refractivity contribution is 8.03. The van der Waals surface area contributed by atoms with Crippen molar-refractivity contribution in [3.05, 3.63) is 85.6 Å². The first-order chi connectivity index (χ1) is 13.5. The molecule has 0 saturated heterocycles. The van der Waals surface area contributed by atoms with Crippen LogP contribution >= 0.6 is 35.0 Å². The summed E-state index contributed by atoms with van der Waals surface area (Å²) >= 11 is 13.6. The van der Waals surface area contributed by atoms with E-state index in [0.29, 0.717) is 26.2 Å². The lowest BCUT2D eigenvalue weighted by Gasteiger charge is -2.37. The van der Waals surface area contributed by atoms with Crippen LogP contribution in [0.1, 0.15) is 21.8 Å². The lowest BCUT2D eigenvalue weighted by Crippen LogP contribution is -2.40. The van der Waals surface area contributed by atoms with E-state index in [9.17, 15) is 15.3 Å². The molecule has 1 atom stereocenters. The average Bonchev–Trinajstić information content (AvgIpc) is 2.68. The second kappa shape index (κ2) is 6.92. The van der Waals surface area contributed by atoms with Crippen LogP contribution in [0.5, 0.6) is 0 Å². The number of allylic oxidation sites excluding steroid dienone is 2. The Kier molecular flexibility index (Phi) is 4.56. The summed E-state index contributed by atoms with van der Waals surface area (Å²) in [6.45, 7) is 0. The molecule has 0 fully saturated rings. The van der Waals surface area contributed by atoms with Gasteiger partial charge in [0.2, 0.25) is 0 Å². The SMILES string of the molecule is N#CC1=C(N)N2C(=O)c3ccccc3SC2=C(C#N)C1c1ccc(Cl)cc1Cl. The van der Waals surface area contributed by atoms with Crippen molar-refractivity contribution in [2.45, 2.75) is 10.8 Å². The lowest BCUT2D eigenvalue weighted by molar-refractivity contribution is 0.0841. The van der Waals surface area contributed by atoms with Gasteiger partial charge in [0.15, 0.2) is 0 Å². The molecule has 0 aromatic heterocycles. The molecule has 0 bridgehead atoms. The van der Waals surface area contributed by atoms with Gasteiger partial charge in [0, 0.05) is 14.9 Å². The molecule has 2 heterocycles. The number of carbonyl (C=O) groups is 1. The number of hydrogen-bond donors (Lipinski definition) is 1. The highest BCUT2D eigenvalue weighted by Crippen LogP contribution is 2.50. The minimum absolute atomic E-state index is 0.000445. The number of benzene rings is 2. The summed E-state index contributed by atoms with van der Waals surface area (Å²) in [6.07, 6.45) is 0. The van der Waals surface area contributed by atoms with Gasteiger partial charge in [-0.05, 0) is 29.8 Å². The summed E-state index contributed by atoms with van der Waals surface area (Å²) in [7, 11) is 0. The summed E-state index contributed by atoms with van der Waals surface area (Å²) < 4.78 is 0. The molecule has 8 heteroatoms. The molecule has 0 radical (unpaired) electrons. The maximum Gasteiger partial charge on any atom is 0.265 e. The van der Waals surface area contributed by atoms with Crippen molar-refractivity contribution in [1.29, 1.82) is 10.5 Å². The van der Waals surface area contributed by atoms with Gasteiger partial charge >= 0.3 is 0 Å². The van der Waals surface area contributed by atoms with Crippen LogP contribution in [-0.4, -0.2) is 10.8 Å². The fraction of sp³-hybridized carbons (Fsp3) is 0.0500. The number of nitrogens with two attached hydrogens (primary N) is 1. The number of hydrogen-bond acceptors (Lipinski definition) is 5. The molecule has 1 unspecified atom stereocenters. The van der Waals surface area contributed by atoms with Gasteiger partial charge in [-0.15, -0.1) is 0 Å². The number of nitrogens with zero attached hydrogens (tertiary/aromatic N) is 3. The van der Waals surface area contributed by atoms with Crippen LogP contribution in [0.25, 0.3) is 0 Å². The highest BCUT2D eigenvalue weighted by Gasteiger charge is 2.42. The number of amides is 1. The maximum atomic E-state index is 13.0. The van der Waals surface area contributed by atoms with Gasteiger partial charge in [0.25, 0.3) is 5.91 Å². The van der Waals surface area contributed by atoms with Gasteiger partial charge in [-0.1, -0.05) is 53.2 Å². The largest absolute Gasteiger partial charge is 0.384 e. The molecule has 5 nitrogen and oxygen atoms in total. The Balaban J connectivity index is 2.00. The van der Waals surface area contributed by atoms with Crippen molar-refractivity contribution < 1.29 is 4.79 Å². The molecule has 136 valence electrons. The predicted octanol–water partition coefficient (Wildman–Crippen LogP) is 4.77. The summed E-state index contributed by atoms with van der Waals surface area (Å²) in [5.74, 6) is -1.15. The molecule has 28 heavy (non-hydrogen) atoms. The second-order valence-corrected chi connectivity index (χ2v) is 7.95. The molecule has 2 aromatic rings. The Morgan fingerprint density at radius 1 is 1.07 bits per heavy atom. The summed E-state index contributed by atoms with van der Waals surface area (Å²) in [4.78, 5) is 15.0. The van der Waals surface area contributed by atoms with Gasteiger partial charge < -0.3 is 5.73 Å². The summed E-state index contributed by atoms with van der Waals surface area (Å²) in [5, 5.41) is 20.9. The third-order valence-corrected chi connectivity index (χ3v) is 6.30. The first kappa shape index (κ1) is 18.5. The van der Waals surface area contributed by atoms with Crippen molar-refractivity contribution in [3.8, 4) is 12.1 Å². The molecule has 0 aliphatic carbocycles. The van der Waals surface area contributed by atoms with Crippen LogP contribution < -0.4 is 5.73 Å². The maximum absolute atomic E-state index is 13.0. The number of carbonyl (C=O) groups excluding carboxylic acids is 1. The van der Waals surface area contributed by atoms with Crippen molar-refractivity contribution in [3.63, 3.8) is 0 Å². The minimum Gasteiger partial charge on any atom is -0.384 e. The zero-order valence-corrected chi connectivity index (χ0v) is 16.4. The molecule has 2 N–H and O–H groups in total. The Bertz CT molecular complexity index is 1190. The number of rotatable bonds is 1. The van der Waals surface area contributed by atoms with Gasteiger partial charge in [0.1, 0.15) is 10.9 Å². The Labute approximate surface area is 175 Å². The number of nitriles is 2. The monoisotopic (exact) mass is 424 g/mol. The van der Waals surface area contributed by atoms with Crippen LogP contribution in [-0.2, 0) is 0 Å². The fourth-order valence-electron chi connectivity index (χ4n) is 3.31. The zero-order chi connectivity index (χ0) is 20.0. The van der Waals surface area contributed by atoms with Crippen molar-refractivity contribution in [2.24, 2.45) is 5.73 Å². The first-order valence-corrected chi connectivity index (χ1v) is 9.65. The second-order valence-electron chi connectivity index (χ2n) is 6.08. The van der Waals surface area contributed by atoms with Crippen LogP contribution in [0.2, 0.25) is 10.0 Å². The van der Waals surface area contributed by atoms with Crippen LogP contribution in [0, 0.1) is 22.7 Å². The third kappa shape index (κ3) is 2.66. The molecule has 1 amide bonds. The molecular weight excluding hydrogens is 415 g/mol. The lowest BCUT2D eigenvalue weighted by atomic mass is 9.83. The van der Waals surface area contributed by atoms with Crippen molar-refractivity contribution in [2.75, 3.05) is 0 Å². The van der Waals surface area contributed by atoms with E-state index in [0.717, 1.165) is 4.90 Å². The van der Waals surface area contributed by atoms with E-state index in [2.05, 4.69) is 12.1 Å². The molecule has 2 aliphatic rings. The van der Waals surface area contributed by atoms with Gasteiger partial charge in [0.05, 0.1) is 34.8 Å². The summed E-state index contributed by atoms with van der Waals surface area (Å²) in [6, 6.07) is 16.1. The molecule has 2 aromatic carbocycles. The van der Waals surface area contributed by atoms with E-state index in [1.807, 2.05) is 6.07 Å². The fourth-order valence-corrected chi connectivity index (χ4v) is 4.99. The first-order valence-electron chi connectivity index (χ1n) is 8.08. The third-order valence-electron chi connectivity index (χ3n) is 4.57.